The molecular formula is C16H21NO. The third-order valence-electron chi connectivity index (χ3n) is 4.50. The van der Waals surface area contributed by atoms with Crippen LogP contribution in [0.3, 0.4) is 0 Å². The summed E-state index contributed by atoms with van der Waals surface area (Å²) < 4.78 is 0. The van der Waals surface area contributed by atoms with Gasteiger partial charge >= 0.3 is 0 Å². The fourth-order valence-corrected chi connectivity index (χ4v) is 3.65. The summed E-state index contributed by atoms with van der Waals surface area (Å²) >= 11 is 0. The van der Waals surface area contributed by atoms with E-state index in [1.54, 1.807) is 0 Å². The van der Waals surface area contributed by atoms with E-state index in [4.69, 9.17) is 0 Å². The van der Waals surface area contributed by atoms with Gasteiger partial charge in [0, 0.05) is 12.6 Å². The van der Waals surface area contributed by atoms with Crippen LogP contribution in [0.1, 0.15) is 24.0 Å². The van der Waals surface area contributed by atoms with E-state index in [1.807, 2.05) is 18.2 Å². The molecule has 96 valence electrons. The molecule has 1 heterocycles. The van der Waals surface area contributed by atoms with E-state index in [0.717, 1.165) is 25.3 Å². The summed E-state index contributed by atoms with van der Waals surface area (Å²) in [6, 6.07) is 6.55. The zero-order valence-electron chi connectivity index (χ0n) is 10.8. The number of benzene rings is 1. The van der Waals surface area contributed by atoms with Gasteiger partial charge in [0.05, 0.1) is 0 Å². The van der Waals surface area contributed by atoms with Gasteiger partial charge < -0.3 is 5.11 Å². The molecule has 0 aromatic heterocycles. The smallest absolute Gasteiger partial charge is 0.115 e. The molecule has 1 aliphatic heterocycles. The van der Waals surface area contributed by atoms with Crippen LogP contribution in [0.5, 0.6) is 5.75 Å². The minimum atomic E-state index is 0.408. The summed E-state index contributed by atoms with van der Waals surface area (Å²) in [5.74, 6) is 1.17. The Hall–Kier alpha value is -1.28. The first kappa shape index (κ1) is 11.8. The summed E-state index contributed by atoms with van der Waals surface area (Å²) in [6.07, 6.45) is 6.90. The Labute approximate surface area is 109 Å². The van der Waals surface area contributed by atoms with E-state index in [2.05, 4.69) is 17.5 Å². The maximum atomic E-state index is 9.60. The second-order valence-electron chi connectivity index (χ2n) is 5.61. The lowest BCUT2D eigenvalue weighted by Gasteiger charge is -2.44. The monoisotopic (exact) mass is 243 g/mol. The van der Waals surface area contributed by atoms with Crippen molar-refractivity contribution in [3.63, 3.8) is 0 Å². The van der Waals surface area contributed by atoms with Crippen molar-refractivity contribution in [2.45, 2.75) is 31.7 Å². The first-order valence-electron chi connectivity index (χ1n) is 6.93. The first-order valence-corrected chi connectivity index (χ1v) is 6.93. The molecule has 0 bridgehead atoms. The molecular weight excluding hydrogens is 222 g/mol. The van der Waals surface area contributed by atoms with Crippen molar-refractivity contribution in [2.24, 2.45) is 5.92 Å². The van der Waals surface area contributed by atoms with Gasteiger partial charge in [0.1, 0.15) is 5.75 Å². The summed E-state index contributed by atoms with van der Waals surface area (Å²) in [6.45, 7) is 6.09. The van der Waals surface area contributed by atoms with Crippen LogP contribution in [0.15, 0.2) is 30.9 Å². The van der Waals surface area contributed by atoms with Crippen LogP contribution in [0.2, 0.25) is 0 Å². The molecule has 0 spiro atoms. The van der Waals surface area contributed by atoms with Gasteiger partial charge in [-0.1, -0.05) is 12.1 Å². The summed E-state index contributed by atoms with van der Waals surface area (Å²) in [4.78, 5) is 2.58. The number of hydrogen-bond donors (Lipinski definition) is 1. The Morgan fingerprint density at radius 1 is 1.33 bits per heavy atom. The number of piperidine rings is 1. The molecule has 0 saturated carbocycles. The largest absolute Gasteiger partial charge is 0.508 e. The minimum absolute atomic E-state index is 0.408. The van der Waals surface area contributed by atoms with E-state index in [1.165, 1.54) is 30.5 Å². The Bertz CT molecular complexity index is 454. The fraction of sp³-hybridized carbons (Fsp3) is 0.500. The molecule has 1 aromatic carbocycles. The van der Waals surface area contributed by atoms with E-state index < -0.39 is 0 Å². The van der Waals surface area contributed by atoms with E-state index >= 15 is 0 Å². The van der Waals surface area contributed by atoms with Gasteiger partial charge in [0.2, 0.25) is 0 Å². The number of fused-ring (bicyclic) bond motifs is 2. The van der Waals surface area contributed by atoms with Crippen LogP contribution >= 0.6 is 0 Å². The average Bonchev–Trinajstić information content (AvgIpc) is 2.37. The lowest BCUT2D eigenvalue weighted by molar-refractivity contribution is 0.0972. The Kier molecular flexibility index (Phi) is 3.13. The van der Waals surface area contributed by atoms with Gasteiger partial charge in [0.15, 0.2) is 0 Å². The fourth-order valence-electron chi connectivity index (χ4n) is 3.65. The van der Waals surface area contributed by atoms with Gasteiger partial charge in [-0.15, -0.1) is 6.58 Å². The Morgan fingerprint density at radius 3 is 3.06 bits per heavy atom. The standard InChI is InChI=1S/C16H21NO/c1-2-7-17-8-3-4-13-9-14-10-15(18)6-5-12(14)11-16(13)17/h2,5-6,10,13,16,18H,1,3-4,7-9,11H2/t13-,16+/m0/s1. The second-order valence-corrected chi connectivity index (χ2v) is 5.61. The normalized spacial score (nSPS) is 27.3. The lowest BCUT2D eigenvalue weighted by Crippen LogP contribution is -2.49. The maximum absolute atomic E-state index is 9.60. The predicted octanol–water partition coefficient (Wildman–Crippen LogP) is 2.76. The summed E-state index contributed by atoms with van der Waals surface area (Å²) in [7, 11) is 0. The molecule has 0 amide bonds. The quantitative estimate of drug-likeness (QED) is 0.807. The van der Waals surface area contributed by atoms with Crippen LogP contribution in [0.4, 0.5) is 0 Å². The van der Waals surface area contributed by atoms with Crippen LogP contribution in [-0.2, 0) is 12.8 Å². The summed E-state index contributed by atoms with van der Waals surface area (Å²) in [5, 5.41) is 9.60. The van der Waals surface area contributed by atoms with Crippen molar-refractivity contribution >= 4 is 0 Å². The van der Waals surface area contributed by atoms with Crippen molar-refractivity contribution in [3.8, 4) is 5.75 Å². The van der Waals surface area contributed by atoms with Gasteiger partial charge in [-0.25, -0.2) is 0 Å². The molecule has 1 fully saturated rings. The highest BCUT2D eigenvalue weighted by Gasteiger charge is 2.34. The van der Waals surface area contributed by atoms with E-state index in [0.29, 0.717) is 11.8 Å². The molecule has 18 heavy (non-hydrogen) atoms. The Morgan fingerprint density at radius 2 is 2.22 bits per heavy atom. The molecule has 0 unspecified atom stereocenters. The zero-order valence-corrected chi connectivity index (χ0v) is 10.8. The maximum Gasteiger partial charge on any atom is 0.115 e. The van der Waals surface area contributed by atoms with Gasteiger partial charge in [-0.2, -0.15) is 0 Å². The molecule has 3 rings (SSSR count). The van der Waals surface area contributed by atoms with Crippen molar-refractivity contribution < 1.29 is 5.11 Å². The first-order chi connectivity index (χ1) is 8.78. The van der Waals surface area contributed by atoms with Crippen molar-refractivity contribution in [1.29, 1.82) is 0 Å². The van der Waals surface area contributed by atoms with Crippen LogP contribution < -0.4 is 0 Å². The van der Waals surface area contributed by atoms with Crippen LogP contribution in [-0.4, -0.2) is 29.1 Å². The topological polar surface area (TPSA) is 23.5 Å². The number of hydrogen-bond acceptors (Lipinski definition) is 2. The molecule has 2 heteroatoms. The molecule has 1 saturated heterocycles. The molecule has 0 radical (unpaired) electrons. The predicted molar refractivity (Wildman–Crippen MR) is 73.8 cm³/mol. The highest BCUT2D eigenvalue weighted by Crippen LogP contribution is 2.36. The number of rotatable bonds is 2. The highest BCUT2D eigenvalue weighted by atomic mass is 16.3. The molecule has 2 aliphatic rings. The molecule has 1 aliphatic carbocycles. The second kappa shape index (κ2) is 4.77. The van der Waals surface area contributed by atoms with Crippen molar-refractivity contribution in [2.75, 3.05) is 13.1 Å². The van der Waals surface area contributed by atoms with E-state index in [9.17, 15) is 5.11 Å². The molecule has 2 atom stereocenters. The minimum Gasteiger partial charge on any atom is -0.508 e. The number of phenolic OH excluding ortho intramolecular Hbond substituents is 1. The average molecular weight is 243 g/mol. The van der Waals surface area contributed by atoms with Gasteiger partial charge in [-0.3, -0.25) is 4.90 Å². The number of phenols is 1. The van der Waals surface area contributed by atoms with Crippen LogP contribution in [0.25, 0.3) is 0 Å². The molecule has 1 N–H and O–H groups in total. The Balaban J connectivity index is 1.87. The third kappa shape index (κ3) is 2.05. The summed E-state index contributed by atoms with van der Waals surface area (Å²) in [5.41, 5.74) is 2.78. The van der Waals surface area contributed by atoms with Crippen LogP contribution in [0, 0.1) is 5.92 Å². The van der Waals surface area contributed by atoms with E-state index in [-0.39, 0.29) is 0 Å². The number of aromatic hydroxyl groups is 1. The zero-order chi connectivity index (χ0) is 12.5. The number of likely N-dealkylation sites (tertiary alicyclic amines) is 1. The third-order valence-corrected chi connectivity index (χ3v) is 4.50. The van der Waals surface area contributed by atoms with Crippen molar-refractivity contribution in [3.05, 3.63) is 42.0 Å². The lowest BCUT2D eigenvalue weighted by atomic mass is 9.75. The van der Waals surface area contributed by atoms with Gasteiger partial charge in [-0.05, 0) is 61.4 Å². The SMILES string of the molecule is C=CCN1CCC[C@H]2Cc3cc(O)ccc3C[C@H]21. The number of nitrogens with zero attached hydrogens (tertiary/aromatic N) is 1. The molecule has 2 nitrogen and oxygen atoms in total. The van der Waals surface area contributed by atoms with Gasteiger partial charge in [0.25, 0.3) is 0 Å². The van der Waals surface area contributed by atoms with Crippen molar-refractivity contribution in [1.82, 2.24) is 4.90 Å². The highest BCUT2D eigenvalue weighted by molar-refractivity contribution is 5.37. The molecule has 1 aromatic rings.